The number of esters is 1. The highest BCUT2D eigenvalue weighted by molar-refractivity contribution is 5.72. The zero-order valence-corrected chi connectivity index (χ0v) is 9.53. The Balaban J connectivity index is 1.97. The second-order valence-corrected chi connectivity index (χ2v) is 4.23. The van der Waals surface area contributed by atoms with E-state index in [0.29, 0.717) is 12.5 Å². The van der Waals surface area contributed by atoms with E-state index in [0.717, 1.165) is 11.3 Å². The first-order valence-corrected chi connectivity index (χ1v) is 5.70. The van der Waals surface area contributed by atoms with E-state index in [1.54, 1.807) is 0 Å². The third-order valence-corrected chi connectivity index (χ3v) is 2.98. The smallest absolute Gasteiger partial charge is 0.309 e. The Labute approximate surface area is 95.8 Å². The summed E-state index contributed by atoms with van der Waals surface area (Å²) in [6, 6.07) is 8.60. The number of carbonyl (C=O) groups excluding carboxylic acids is 1. The van der Waals surface area contributed by atoms with E-state index in [9.17, 15) is 4.79 Å². The van der Waals surface area contributed by atoms with Gasteiger partial charge in [0, 0.05) is 11.7 Å². The Morgan fingerprint density at radius 1 is 1.50 bits per heavy atom. The molecule has 3 nitrogen and oxygen atoms in total. The zero-order chi connectivity index (χ0) is 11.4. The molecule has 0 spiro atoms. The lowest BCUT2D eigenvalue weighted by atomic mass is 9.93. The fraction of sp³-hybridized carbons (Fsp3) is 0.462. The zero-order valence-electron chi connectivity index (χ0n) is 9.53. The third kappa shape index (κ3) is 2.75. The van der Waals surface area contributed by atoms with Crippen LogP contribution in [0.3, 0.4) is 0 Å². The molecule has 0 saturated heterocycles. The van der Waals surface area contributed by atoms with Gasteiger partial charge in [0.2, 0.25) is 0 Å². The monoisotopic (exact) mass is 219 g/mol. The first-order valence-electron chi connectivity index (χ1n) is 5.70. The summed E-state index contributed by atoms with van der Waals surface area (Å²) in [7, 11) is 1.42. The van der Waals surface area contributed by atoms with Crippen molar-refractivity contribution in [3.05, 3.63) is 29.8 Å². The molecule has 0 unspecified atom stereocenters. The minimum absolute atomic E-state index is 0.194. The SMILES string of the molecule is COC(=O)Cc1cccc(NC2CCC2)c1. The van der Waals surface area contributed by atoms with Crippen LogP contribution in [0.2, 0.25) is 0 Å². The molecule has 0 radical (unpaired) electrons. The molecule has 1 aliphatic rings. The maximum atomic E-state index is 11.1. The van der Waals surface area contributed by atoms with Crippen LogP contribution in [0.1, 0.15) is 24.8 Å². The van der Waals surface area contributed by atoms with Crippen molar-refractivity contribution in [2.24, 2.45) is 0 Å². The van der Waals surface area contributed by atoms with Crippen LogP contribution in [0.5, 0.6) is 0 Å². The maximum Gasteiger partial charge on any atom is 0.309 e. The molecule has 0 atom stereocenters. The van der Waals surface area contributed by atoms with Crippen LogP contribution < -0.4 is 5.32 Å². The van der Waals surface area contributed by atoms with E-state index < -0.39 is 0 Å². The van der Waals surface area contributed by atoms with Crippen molar-refractivity contribution in [3.63, 3.8) is 0 Å². The average molecular weight is 219 g/mol. The van der Waals surface area contributed by atoms with E-state index in [1.165, 1.54) is 26.4 Å². The Morgan fingerprint density at radius 2 is 2.31 bits per heavy atom. The Kier molecular flexibility index (Phi) is 3.44. The molecule has 86 valence electrons. The summed E-state index contributed by atoms with van der Waals surface area (Å²) in [6.07, 6.45) is 4.17. The van der Waals surface area contributed by atoms with E-state index in [4.69, 9.17) is 0 Å². The molecule has 0 bridgehead atoms. The molecule has 1 aliphatic carbocycles. The Bertz CT molecular complexity index is 372. The topological polar surface area (TPSA) is 38.3 Å². The summed E-state index contributed by atoms with van der Waals surface area (Å²) in [5, 5.41) is 3.46. The van der Waals surface area contributed by atoms with Crippen LogP contribution in [0, 0.1) is 0 Å². The third-order valence-electron chi connectivity index (χ3n) is 2.98. The van der Waals surface area contributed by atoms with Gasteiger partial charge in [-0.15, -0.1) is 0 Å². The standard InChI is InChI=1S/C13H17NO2/c1-16-13(15)9-10-4-2-7-12(8-10)14-11-5-3-6-11/h2,4,7-8,11,14H,3,5-6,9H2,1H3. The minimum atomic E-state index is -0.194. The molecule has 0 amide bonds. The fourth-order valence-corrected chi connectivity index (χ4v) is 1.80. The number of carbonyl (C=O) groups is 1. The predicted octanol–water partition coefficient (Wildman–Crippen LogP) is 2.37. The van der Waals surface area contributed by atoms with Crippen LogP contribution in [0.15, 0.2) is 24.3 Å². The summed E-state index contributed by atoms with van der Waals surface area (Å²) in [4.78, 5) is 11.1. The lowest BCUT2D eigenvalue weighted by molar-refractivity contribution is -0.139. The van der Waals surface area contributed by atoms with Gasteiger partial charge in [-0.25, -0.2) is 0 Å². The quantitative estimate of drug-likeness (QED) is 0.790. The number of benzene rings is 1. The second kappa shape index (κ2) is 5.01. The summed E-state index contributed by atoms with van der Waals surface area (Å²) < 4.78 is 4.65. The van der Waals surface area contributed by atoms with Crippen molar-refractivity contribution < 1.29 is 9.53 Å². The molecule has 1 fully saturated rings. The van der Waals surface area contributed by atoms with Gasteiger partial charge in [-0.1, -0.05) is 12.1 Å². The first kappa shape index (κ1) is 11.0. The average Bonchev–Trinajstić information content (AvgIpc) is 2.24. The molecule has 3 heteroatoms. The summed E-state index contributed by atoms with van der Waals surface area (Å²) in [6.45, 7) is 0. The minimum Gasteiger partial charge on any atom is -0.469 e. The van der Waals surface area contributed by atoms with Crippen LogP contribution in [-0.4, -0.2) is 19.1 Å². The maximum absolute atomic E-state index is 11.1. The van der Waals surface area contributed by atoms with Crippen LogP contribution in [-0.2, 0) is 16.0 Å². The van der Waals surface area contributed by atoms with Crippen LogP contribution >= 0.6 is 0 Å². The Morgan fingerprint density at radius 3 is 2.94 bits per heavy atom. The van der Waals surface area contributed by atoms with Crippen molar-refractivity contribution in [2.45, 2.75) is 31.7 Å². The number of anilines is 1. The normalized spacial score (nSPS) is 15.3. The molecule has 2 rings (SSSR count). The van der Waals surface area contributed by atoms with E-state index in [2.05, 4.69) is 10.1 Å². The van der Waals surface area contributed by atoms with Crippen molar-refractivity contribution in [2.75, 3.05) is 12.4 Å². The van der Waals surface area contributed by atoms with Gasteiger partial charge < -0.3 is 10.1 Å². The van der Waals surface area contributed by atoms with Gasteiger partial charge in [-0.05, 0) is 37.0 Å². The van der Waals surface area contributed by atoms with Gasteiger partial charge in [0.1, 0.15) is 0 Å². The van der Waals surface area contributed by atoms with Crippen molar-refractivity contribution in [1.29, 1.82) is 0 Å². The number of nitrogens with one attached hydrogen (secondary N) is 1. The highest BCUT2D eigenvalue weighted by Gasteiger charge is 2.16. The van der Waals surface area contributed by atoms with Gasteiger partial charge in [-0.3, -0.25) is 4.79 Å². The molecule has 1 aromatic rings. The van der Waals surface area contributed by atoms with Crippen molar-refractivity contribution >= 4 is 11.7 Å². The number of rotatable bonds is 4. The molecule has 16 heavy (non-hydrogen) atoms. The molecular weight excluding hydrogens is 202 g/mol. The molecule has 1 aromatic carbocycles. The molecule has 1 N–H and O–H groups in total. The van der Waals surface area contributed by atoms with Gasteiger partial charge in [0.05, 0.1) is 13.5 Å². The largest absolute Gasteiger partial charge is 0.469 e. The fourth-order valence-electron chi connectivity index (χ4n) is 1.80. The first-order chi connectivity index (χ1) is 7.78. The van der Waals surface area contributed by atoms with Crippen LogP contribution in [0.4, 0.5) is 5.69 Å². The number of hydrogen-bond acceptors (Lipinski definition) is 3. The molecular formula is C13H17NO2. The van der Waals surface area contributed by atoms with E-state index >= 15 is 0 Å². The lowest BCUT2D eigenvalue weighted by Crippen LogP contribution is -2.26. The van der Waals surface area contributed by atoms with E-state index in [1.807, 2.05) is 24.3 Å². The predicted molar refractivity (Wildman–Crippen MR) is 63.4 cm³/mol. The highest BCUT2D eigenvalue weighted by Crippen LogP contribution is 2.23. The van der Waals surface area contributed by atoms with Crippen LogP contribution in [0.25, 0.3) is 0 Å². The number of hydrogen-bond donors (Lipinski definition) is 1. The summed E-state index contributed by atoms with van der Waals surface area (Å²) >= 11 is 0. The number of methoxy groups -OCH3 is 1. The Hall–Kier alpha value is -1.51. The number of ether oxygens (including phenoxy) is 1. The van der Waals surface area contributed by atoms with Gasteiger partial charge >= 0.3 is 5.97 Å². The second-order valence-electron chi connectivity index (χ2n) is 4.23. The molecule has 1 saturated carbocycles. The summed E-state index contributed by atoms with van der Waals surface area (Å²) in [5.74, 6) is -0.194. The van der Waals surface area contributed by atoms with Gasteiger partial charge in [0.25, 0.3) is 0 Å². The van der Waals surface area contributed by atoms with Gasteiger partial charge in [0.15, 0.2) is 0 Å². The van der Waals surface area contributed by atoms with Crippen molar-refractivity contribution in [1.82, 2.24) is 0 Å². The highest BCUT2D eigenvalue weighted by atomic mass is 16.5. The molecule has 0 heterocycles. The molecule has 0 aromatic heterocycles. The summed E-state index contributed by atoms with van der Waals surface area (Å²) in [5.41, 5.74) is 2.10. The van der Waals surface area contributed by atoms with E-state index in [-0.39, 0.29) is 5.97 Å². The molecule has 0 aliphatic heterocycles. The van der Waals surface area contributed by atoms with Crippen molar-refractivity contribution in [3.8, 4) is 0 Å². The van der Waals surface area contributed by atoms with Gasteiger partial charge in [-0.2, -0.15) is 0 Å². The lowest BCUT2D eigenvalue weighted by Gasteiger charge is -2.27.